The third-order valence-electron chi connectivity index (χ3n) is 4.38. The van der Waals surface area contributed by atoms with E-state index in [1.54, 1.807) is 31.0 Å². The Kier molecular flexibility index (Phi) is 4.68. The van der Waals surface area contributed by atoms with E-state index in [1.807, 2.05) is 30.3 Å². The highest BCUT2D eigenvalue weighted by molar-refractivity contribution is 6.35. The number of nitrogens with zero attached hydrogens (tertiary/aromatic N) is 3. The number of methoxy groups -OCH3 is 2. The summed E-state index contributed by atoms with van der Waals surface area (Å²) >= 11 is 12.4. The van der Waals surface area contributed by atoms with Crippen molar-refractivity contribution in [1.82, 2.24) is 14.8 Å². The molecule has 2 heterocycles. The molecule has 0 bridgehead atoms. The van der Waals surface area contributed by atoms with E-state index < -0.39 is 0 Å². The molecule has 2 aromatic carbocycles. The largest absolute Gasteiger partial charge is 0.493 e. The highest BCUT2D eigenvalue weighted by Gasteiger charge is 2.25. The van der Waals surface area contributed by atoms with Crippen molar-refractivity contribution < 1.29 is 9.47 Å². The molecule has 0 aliphatic carbocycles. The average molecular weight is 403 g/mol. The highest BCUT2D eigenvalue weighted by atomic mass is 35.5. The number of allylic oxidation sites excluding steroid dienone is 1. The van der Waals surface area contributed by atoms with E-state index in [2.05, 4.69) is 15.4 Å². The molecule has 1 N–H and O–H groups in total. The lowest BCUT2D eigenvalue weighted by molar-refractivity contribution is 0.354. The van der Waals surface area contributed by atoms with E-state index in [1.165, 1.54) is 6.33 Å². The third kappa shape index (κ3) is 3.22. The zero-order valence-corrected chi connectivity index (χ0v) is 16.1. The van der Waals surface area contributed by atoms with Gasteiger partial charge >= 0.3 is 0 Å². The van der Waals surface area contributed by atoms with E-state index in [-0.39, 0.29) is 6.04 Å². The molecule has 0 fully saturated rings. The van der Waals surface area contributed by atoms with Crippen molar-refractivity contribution in [2.45, 2.75) is 6.04 Å². The maximum Gasteiger partial charge on any atom is 0.226 e. The summed E-state index contributed by atoms with van der Waals surface area (Å²) in [4.78, 5) is 4.31. The molecule has 1 aliphatic heterocycles. The van der Waals surface area contributed by atoms with Crippen LogP contribution in [0.2, 0.25) is 10.0 Å². The van der Waals surface area contributed by atoms with E-state index in [4.69, 9.17) is 32.7 Å². The molecule has 0 unspecified atom stereocenters. The Balaban J connectivity index is 1.82. The van der Waals surface area contributed by atoms with Gasteiger partial charge in [0.25, 0.3) is 0 Å². The summed E-state index contributed by atoms with van der Waals surface area (Å²) in [5.41, 5.74) is 2.64. The van der Waals surface area contributed by atoms with Crippen LogP contribution in [0.5, 0.6) is 11.5 Å². The van der Waals surface area contributed by atoms with Crippen molar-refractivity contribution in [3.63, 3.8) is 0 Å². The predicted molar refractivity (Wildman–Crippen MR) is 106 cm³/mol. The first kappa shape index (κ1) is 17.7. The van der Waals surface area contributed by atoms with E-state index in [9.17, 15) is 0 Å². The Hall–Kier alpha value is -2.70. The van der Waals surface area contributed by atoms with Crippen LogP contribution < -0.4 is 14.8 Å². The number of benzene rings is 2. The molecule has 4 rings (SSSR count). The molecule has 27 heavy (non-hydrogen) atoms. The normalized spacial score (nSPS) is 15.6. The molecule has 8 heteroatoms. The number of halogens is 2. The molecule has 0 amide bonds. The summed E-state index contributed by atoms with van der Waals surface area (Å²) in [5.74, 6) is 1.94. The monoisotopic (exact) mass is 402 g/mol. The predicted octanol–water partition coefficient (Wildman–Crippen LogP) is 4.66. The Morgan fingerprint density at radius 3 is 2.59 bits per heavy atom. The van der Waals surface area contributed by atoms with Crippen molar-refractivity contribution in [3.8, 4) is 11.5 Å². The summed E-state index contributed by atoms with van der Waals surface area (Å²) in [6, 6.07) is 11.0. The van der Waals surface area contributed by atoms with Crippen molar-refractivity contribution >= 4 is 34.8 Å². The van der Waals surface area contributed by atoms with Gasteiger partial charge in [-0.25, -0.2) is 4.68 Å². The fourth-order valence-electron chi connectivity index (χ4n) is 3.07. The molecule has 1 aromatic heterocycles. The second kappa shape index (κ2) is 7.13. The van der Waals surface area contributed by atoms with Crippen LogP contribution in [-0.4, -0.2) is 29.0 Å². The number of hydrogen-bond acceptors (Lipinski definition) is 5. The maximum absolute atomic E-state index is 6.40. The fourth-order valence-corrected chi connectivity index (χ4v) is 3.58. The molecular formula is C19H16Cl2N4O2. The summed E-state index contributed by atoms with van der Waals surface area (Å²) in [5, 5.41) is 8.76. The van der Waals surface area contributed by atoms with Crippen molar-refractivity contribution in [3.05, 3.63) is 70.0 Å². The van der Waals surface area contributed by atoms with Crippen molar-refractivity contribution in [2.75, 3.05) is 19.5 Å². The van der Waals surface area contributed by atoms with Gasteiger partial charge in [0, 0.05) is 16.3 Å². The first-order chi connectivity index (χ1) is 13.1. The lowest BCUT2D eigenvalue weighted by atomic mass is 10.0. The van der Waals surface area contributed by atoms with Gasteiger partial charge in [-0.2, -0.15) is 10.1 Å². The molecule has 0 saturated carbocycles. The number of aromatic nitrogens is 3. The number of nitrogens with one attached hydrogen (secondary N) is 1. The van der Waals surface area contributed by atoms with Crippen LogP contribution in [0.3, 0.4) is 0 Å². The Morgan fingerprint density at radius 1 is 1.04 bits per heavy atom. The zero-order chi connectivity index (χ0) is 19.0. The minimum atomic E-state index is -0.190. The van der Waals surface area contributed by atoms with Crippen LogP contribution in [0, 0.1) is 0 Å². The Morgan fingerprint density at radius 2 is 1.85 bits per heavy atom. The van der Waals surface area contributed by atoms with Gasteiger partial charge in [-0.05, 0) is 42.0 Å². The molecule has 6 nitrogen and oxygen atoms in total. The zero-order valence-electron chi connectivity index (χ0n) is 14.6. The highest BCUT2D eigenvalue weighted by Crippen LogP contribution is 2.37. The second-order valence-corrected chi connectivity index (χ2v) is 6.76. The Bertz CT molecular complexity index is 1030. The molecule has 0 radical (unpaired) electrons. The first-order valence-corrected chi connectivity index (χ1v) is 8.92. The summed E-state index contributed by atoms with van der Waals surface area (Å²) in [6.45, 7) is 0. The van der Waals surface area contributed by atoms with E-state index in [0.29, 0.717) is 27.5 Å². The van der Waals surface area contributed by atoms with Crippen molar-refractivity contribution in [1.29, 1.82) is 0 Å². The molecule has 0 spiro atoms. The van der Waals surface area contributed by atoms with Gasteiger partial charge in [-0.1, -0.05) is 29.3 Å². The summed E-state index contributed by atoms with van der Waals surface area (Å²) < 4.78 is 12.6. The molecule has 138 valence electrons. The van der Waals surface area contributed by atoms with E-state index >= 15 is 0 Å². The first-order valence-electron chi connectivity index (χ1n) is 8.16. The van der Waals surface area contributed by atoms with Crippen LogP contribution in [0.25, 0.3) is 5.70 Å². The second-order valence-electron chi connectivity index (χ2n) is 5.92. The number of anilines is 1. The van der Waals surface area contributed by atoms with E-state index in [0.717, 1.165) is 16.8 Å². The number of rotatable bonds is 4. The van der Waals surface area contributed by atoms with Gasteiger partial charge in [0.05, 0.1) is 19.2 Å². The van der Waals surface area contributed by atoms with Crippen molar-refractivity contribution in [2.24, 2.45) is 0 Å². The summed E-state index contributed by atoms with van der Waals surface area (Å²) in [6.07, 6.45) is 3.55. The average Bonchev–Trinajstić information content (AvgIpc) is 3.15. The van der Waals surface area contributed by atoms with Gasteiger partial charge < -0.3 is 14.8 Å². The maximum atomic E-state index is 6.40. The minimum Gasteiger partial charge on any atom is -0.493 e. The minimum absolute atomic E-state index is 0.190. The Labute approximate surface area is 166 Å². The van der Waals surface area contributed by atoms with Gasteiger partial charge in [0.2, 0.25) is 5.95 Å². The van der Waals surface area contributed by atoms with Gasteiger partial charge in [0.15, 0.2) is 11.5 Å². The fraction of sp³-hybridized carbons (Fsp3) is 0.158. The van der Waals surface area contributed by atoms with Gasteiger partial charge in [-0.3, -0.25) is 0 Å². The summed E-state index contributed by atoms with van der Waals surface area (Å²) in [7, 11) is 3.22. The molecule has 3 aromatic rings. The van der Waals surface area contributed by atoms with Crippen LogP contribution in [0.15, 0.2) is 48.8 Å². The number of hydrogen-bond donors (Lipinski definition) is 1. The third-order valence-corrected chi connectivity index (χ3v) is 4.93. The SMILES string of the molecule is COc1ccc([C@H]2C=C(c3ccc(Cl)cc3Cl)Nc3ncnn32)cc1OC. The molecule has 0 saturated heterocycles. The molecule has 1 aliphatic rings. The van der Waals surface area contributed by atoms with Crippen LogP contribution in [0.4, 0.5) is 5.95 Å². The lowest BCUT2D eigenvalue weighted by Gasteiger charge is -2.25. The quantitative estimate of drug-likeness (QED) is 0.687. The lowest BCUT2D eigenvalue weighted by Crippen LogP contribution is -2.20. The van der Waals surface area contributed by atoms with Gasteiger partial charge in [0.1, 0.15) is 12.4 Å². The molecule has 1 atom stereocenters. The van der Waals surface area contributed by atoms with Crippen LogP contribution >= 0.6 is 23.2 Å². The standard InChI is InChI=1S/C19H16Cl2N4O2/c1-26-17-6-3-11(7-18(17)27-2)16-9-15(24-19-22-10-23-25(16)19)13-5-4-12(20)8-14(13)21/h3-10,16H,1-2H3,(H,22,23,24)/t16-/m1/s1. The van der Waals surface area contributed by atoms with Crippen LogP contribution in [-0.2, 0) is 0 Å². The smallest absolute Gasteiger partial charge is 0.226 e. The topological polar surface area (TPSA) is 61.2 Å². The molecular weight excluding hydrogens is 387 g/mol. The van der Waals surface area contributed by atoms with Crippen LogP contribution in [0.1, 0.15) is 17.2 Å². The number of ether oxygens (including phenoxy) is 2. The number of fused-ring (bicyclic) bond motifs is 1. The van der Waals surface area contributed by atoms with Gasteiger partial charge in [-0.15, -0.1) is 0 Å².